The molecule has 0 bridgehead atoms. The molecule has 2 aromatic carbocycles. The van der Waals surface area contributed by atoms with Crippen LogP contribution in [0.2, 0.25) is 10.0 Å². The van der Waals surface area contributed by atoms with E-state index in [9.17, 15) is 0 Å². The fourth-order valence-corrected chi connectivity index (χ4v) is 2.59. The van der Waals surface area contributed by atoms with Gasteiger partial charge in [-0.05, 0) is 42.5 Å². The van der Waals surface area contributed by atoms with Gasteiger partial charge in [0.2, 0.25) is 5.82 Å². The lowest BCUT2D eigenvalue weighted by Gasteiger charge is -2.02. The molecule has 2 N–H and O–H groups in total. The first-order valence-corrected chi connectivity index (χ1v) is 7.94. The molecule has 25 heavy (non-hydrogen) atoms. The van der Waals surface area contributed by atoms with E-state index < -0.39 is 0 Å². The fourth-order valence-electron chi connectivity index (χ4n) is 2.28. The Labute approximate surface area is 152 Å². The average molecular weight is 373 g/mol. The van der Waals surface area contributed by atoms with Crippen LogP contribution in [0.5, 0.6) is 0 Å². The minimum Gasteiger partial charge on any atom is -0.382 e. The van der Waals surface area contributed by atoms with E-state index in [0.717, 1.165) is 5.56 Å². The standard InChI is InChI=1S/C16H10Cl2N6O/c17-10-6-4-9(5-7-10)15-20-16(25-22-15)13-14(19)24(23-21-13)12-3-1-2-11(18)8-12/h1-8H,19H2. The number of nitrogens with zero attached hydrogens (tertiary/aromatic N) is 5. The normalized spacial score (nSPS) is 11.0. The highest BCUT2D eigenvalue weighted by molar-refractivity contribution is 6.31. The van der Waals surface area contributed by atoms with E-state index >= 15 is 0 Å². The number of benzene rings is 2. The average Bonchev–Trinajstić information content (AvgIpc) is 3.22. The molecule has 2 aromatic heterocycles. The Morgan fingerprint density at radius 2 is 1.80 bits per heavy atom. The number of hydrogen-bond donors (Lipinski definition) is 1. The summed E-state index contributed by atoms with van der Waals surface area (Å²) < 4.78 is 6.72. The predicted molar refractivity (Wildman–Crippen MR) is 94.5 cm³/mol. The zero-order valence-electron chi connectivity index (χ0n) is 12.6. The second-order valence-electron chi connectivity index (χ2n) is 5.14. The molecule has 0 spiro atoms. The molecule has 0 amide bonds. The van der Waals surface area contributed by atoms with E-state index in [1.54, 1.807) is 42.5 Å². The maximum atomic E-state index is 6.13. The van der Waals surface area contributed by atoms with E-state index in [0.29, 0.717) is 27.3 Å². The van der Waals surface area contributed by atoms with Gasteiger partial charge in [0.05, 0.1) is 5.69 Å². The molecule has 0 aliphatic rings. The molecular weight excluding hydrogens is 363 g/mol. The third-order valence-electron chi connectivity index (χ3n) is 3.49. The van der Waals surface area contributed by atoms with Gasteiger partial charge in [0.1, 0.15) is 0 Å². The molecule has 9 heteroatoms. The molecule has 0 aliphatic heterocycles. The summed E-state index contributed by atoms with van der Waals surface area (Å²) in [6.07, 6.45) is 0. The lowest BCUT2D eigenvalue weighted by Crippen LogP contribution is -2.02. The van der Waals surface area contributed by atoms with Crippen molar-refractivity contribution in [3.8, 4) is 28.7 Å². The Morgan fingerprint density at radius 1 is 1.00 bits per heavy atom. The van der Waals surface area contributed by atoms with Crippen LogP contribution in [0, 0.1) is 0 Å². The number of nitrogens with two attached hydrogens (primary N) is 1. The molecule has 0 radical (unpaired) electrons. The summed E-state index contributed by atoms with van der Waals surface area (Å²) in [5.41, 5.74) is 7.88. The summed E-state index contributed by atoms with van der Waals surface area (Å²) in [7, 11) is 0. The van der Waals surface area contributed by atoms with Crippen LogP contribution in [0.3, 0.4) is 0 Å². The number of aromatic nitrogens is 5. The summed E-state index contributed by atoms with van der Waals surface area (Å²) in [5.74, 6) is 0.854. The van der Waals surface area contributed by atoms with Gasteiger partial charge in [-0.3, -0.25) is 0 Å². The molecule has 124 valence electrons. The summed E-state index contributed by atoms with van der Waals surface area (Å²) >= 11 is 11.9. The van der Waals surface area contributed by atoms with Gasteiger partial charge in [0.15, 0.2) is 11.5 Å². The third kappa shape index (κ3) is 2.95. The molecule has 0 unspecified atom stereocenters. The van der Waals surface area contributed by atoms with Crippen LogP contribution >= 0.6 is 23.2 Å². The Hall–Kier alpha value is -2.90. The van der Waals surface area contributed by atoms with Crippen LogP contribution in [0.1, 0.15) is 0 Å². The molecule has 7 nitrogen and oxygen atoms in total. The molecule has 4 aromatic rings. The molecule has 0 aliphatic carbocycles. The van der Waals surface area contributed by atoms with Crippen LogP contribution < -0.4 is 5.73 Å². The molecule has 4 rings (SSSR count). The number of nitrogen functional groups attached to an aromatic ring is 1. The van der Waals surface area contributed by atoms with Gasteiger partial charge in [-0.25, -0.2) is 0 Å². The maximum absolute atomic E-state index is 6.13. The zero-order valence-corrected chi connectivity index (χ0v) is 14.1. The van der Waals surface area contributed by atoms with Crippen molar-refractivity contribution in [2.75, 3.05) is 5.73 Å². The molecule has 0 fully saturated rings. The second-order valence-corrected chi connectivity index (χ2v) is 6.02. The van der Waals surface area contributed by atoms with Gasteiger partial charge in [-0.15, -0.1) is 5.10 Å². The number of halogens is 2. The predicted octanol–water partition coefficient (Wildman–Crippen LogP) is 3.87. The van der Waals surface area contributed by atoms with Gasteiger partial charge in [0, 0.05) is 15.6 Å². The highest BCUT2D eigenvalue weighted by Gasteiger charge is 2.19. The summed E-state index contributed by atoms with van der Waals surface area (Å²) in [4.78, 5) is 4.32. The van der Waals surface area contributed by atoms with Gasteiger partial charge in [0.25, 0.3) is 5.89 Å². The minimum absolute atomic E-state index is 0.177. The highest BCUT2D eigenvalue weighted by Crippen LogP contribution is 2.27. The van der Waals surface area contributed by atoms with Crippen LogP contribution in [-0.4, -0.2) is 25.1 Å². The van der Waals surface area contributed by atoms with Crippen molar-refractivity contribution in [2.24, 2.45) is 0 Å². The number of anilines is 1. The first-order chi connectivity index (χ1) is 12.1. The van der Waals surface area contributed by atoms with Crippen molar-refractivity contribution >= 4 is 29.0 Å². The lowest BCUT2D eigenvalue weighted by atomic mass is 10.2. The Morgan fingerprint density at radius 3 is 2.56 bits per heavy atom. The van der Waals surface area contributed by atoms with E-state index in [1.807, 2.05) is 6.07 Å². The molecule has 0 atom stereocenters. The van der Waals surface area contributed by atoms with E-state index in [2.05, 4.69) is 20.5 Å². The van der Waals surface area contributed by atoms with Crippen molar-refractivity contribution in [3.05, 3.63) is 58.6 Å². The van der Waals surface area contributed by atoms with Gasteiger partial charge in [-0.1, -0.05) is 39.6 Å². The zero-order chi connectivity index (χ0) is 17.4. The summed E-state index contributed by atoms with van der Waals surface area (Å²) in [6.45, 7) is 0. The summed E-state index contributed by atoms with van der Waals surface area (Å²) in [6, 6.07) is 14.2. The van der Waals surface area contributed by atoms with E-state index in [4.69, 9.17) is 33.5 Å². The third-order valence-corrected chi connectivity index (χ3v) is 3.98. The van der Waals surface area contributed by atoms with Crippen LogP contribution in [0.25, 0.3) is 28.7 Å². The monoisotopic (exact) mass is 372 g/mol. The molecule has 0 saturated heterocycles. The largest absolute Gasteiger partial charge is 0.382 e. The Bertz CT molecular complexity index is 1040. The minimum atomic E-state index is 0.177. The van der Waals surface area contributed by atoms with Crippen LogP contribution in [0.4, 0.5) is 5.82 Å². The second kappa shape index (κ2) is 6.19. The van der Waals surface area contributed by atoms with Gasteiger partial charge >= 0.3 is 0 Å². The van der Waals surface area contributed by atoms with Crippen molar-refractivity contribution in [3.63, 3.8) is 0 Å². The van der Waals surface area contributed by atoms with Gasteiger partial charge in [-0.2, -0.15) is 9.67 Å². The highest BCUT2D eigenvalue weighted by atomic mass is 35.5. The number of rotatable bonds is 3. The van der Waals surface area contributed by atoms with Crippen LogP contribution in [0.15, 0.2) is 53.1 Å². The molecule has 2 heterocycles. The number of hydrogen-bond acceptors (Lipinski definition) is 6. The Balaban J connectivity index is 1.71. The van der Waals surface area contributed by atoms with Crippen molar-refractivity contribution in [2.45, 2.75) is 0 Å². The van der Waals surface area contributed by atoms with E-state index in [1.165, 1.54) is 4.68 Å². The SMILES string of the molecule is Nc1c(-c2nc(-c3ccc(Cl)cc3)no2)nnn1-c1cccc(Cl)c1. The first-order valence-electron chi connectivity index (χ1n) is 7.19. The molecule has 0 saturated carbocycles. The lowest BCUT2D eigenvalue weighted by molar-refractivity contribution is 0.431. The quantitative estimate of drug-likeness (QED) is 0.586. The smallest absolute Gasteiger partial charge is 0.282 e. The van der Waals surface area contributed by atoms with Crippen molar-refractivity contribution in [1.29, 1.82) is 0 Å². The first kappa shape index (κ1) is 15.6. The van der Waals surface area contributed by atoms with Crippen molar-refractivity contribution < 1.29 is 4.52 Å². The Kier molecular flexibility index (Phi) is 3.87. The summed E-state index contributed by atoms with van der Waals surface area (Å²) in [5, 5.41) is 13.2. The topological polar surface area (TPSA) is 95.7 Å². The molecular formula is C16H10Cl2N6O. The van der Waals surface area contributed by atoms with Gasteiger partial charge < -0.3 is 10.3 Å². The fraction of sp³-hybridized carbons (Fsp3) is 0. The maximum Gasteiger partial charge on any atom is 0.282 e. The van der Waals surface area contributed by atoms with E-state index in [-0.39, 0.29) is 11.7 Å². The van der Waals surface area contributed by atoms with Crippen molar-refractivity contribution in [1.82, 2.24) is 25.1 Å². The van der Waals surface area contributed by atoms with Crippen LogP contribution in [-0.2, 0) is 0 Å².